The molecule has 180 valence electrons. The van der Waals surface area contributed by atoms with Crippen LogP contribution >= 0.6 is 24.0 Å². The van der Waals surface area contributed by atoms with Crippen LogP contribution in [-0.4, -0.2) is 73.1 Å². The molecule has 1 heterocycles. The second-order valence-corrected chi connectivity index (χ2v) is 8.76. The summed E-state index contributed by atoms with van der Waals surface area (Å²) in [5.41, 5.74) is 0.286. The molecule has 1 aromatic carbocycles. The van der Waals surface area contributed by atoms with Gasteiger partial charge in [0.1, 0.15) is 5.60 Å². The van der Waals surface area contributed by atoms with Gasteiger partial charge in [-0.3, -0.25) is 9.79 Å². The Kier molecular flexibility index (Phi) is 11.8. The van der Waals surface area contributed by atoms with Crippen molar-refractivity contribution in [2.45, 2.75) is 46.1 Å². The lowest BCUT2D eigenvalue weighted by atomic mass is 9.96. The fraction of sp³-hybridized carbons (Fsp3) is 0.609. The number of nitrogens with zero attached hydrogens (tertiary/aromatic N) is 3. The Balaban J connectivity index is 0.00000512. The van der Waals surface area contributed by atoms with Crippen molar-refractivity contribution in [3.8, 4) is 0 Å². The maximum Gasteiger partial charge on any atom is 0.410 e. The highest BCUT2D eigenvalue weighted by molar-refractivity contribution is 14.0. The van der Waals surface area contributed by atoms with E-state index in [9.17, 15) is 9.59 Å². The minimum Gasteiger partial charge on any atom is -0.444 e. The molecule has 0 saturated carbocycles. The van der Waals surface area contributed by atoms with E-state index in [1.165, 1.54) is 0 Å². The number of carbonyl (C=O) groups excluding carboxylic acids is 2. The summed E-state index contributed by atoms with van der Waals surface area (Å²) in [6.45, 7) is 10.8. The number of rotatable bonds is 6. The summed E-state index contributed by atoms with van der Waals surface area (Å²) >= 11 is 0. The van der Waals surface area contributed by atoms with Gasteiger partial charge in [0.2, 0.25) is 5.91 Å². The number of amides is 2. The fourth-order valence-corrected chi connectivity index (χ4v) is 3.52. The van der Waals surface area contributed by atoms with Gasteiger partial charge in [0.05, 0.1) is 6.54 Å². The number of aliphatic imine (C=N–C) groups is 1. The lowest BCUT2D eigenvalue weighted by Gasteiger charge is -2.36. The number of guanidine groups is 1. The topological polar surface area (TPSA) is 86.3 Å². The van der Waals surface area contributed by atoms with Crippen molar-refractivity contribution >= 4 is 47.6 Å². The minimum atomic E-state index is -0.487. The molecule has 0 spiro atoms. The number of carbonyl (C=O) groups is 2. The zero-order valence-electron chi connectivity index (χ0n) is 19.9. The van der Waals surface area contributed by atoms with Crippen molar-refractivity contribution in [3.05, 3.63) is 30.3 Å². The largest absolute Gasteiger partial charge is 0.444 e. The van der Waals surface area contributed by atoms with Gasteiger partial charge in [-0.1, -0.05) is 18.2 Å². The molecule has 0 radical (unpaired) electrons. The molecule has 2 amide bonds. The first-order chi connectivity index (χ1) is 14.7. The summed E-state index contributed by atoms with van der Waals surface area (Å²) < 4.78 is 5.52. The van der Waals surface area contributed by atoms with Crippen molar-refractivity contribution in [1.29, 1.82) is 0 Å². The summed E-state index contributed by atoms with van der Waals surface area (Å²) in [6, 6.07) is 9.39. The molecular formula is C23H38IN5O3. The van der Waals surface area contributed by atoms with Gasteiger partial charge in [-0.15, -0.1) is 24.0 Å². The predicted octanol–water partition coefficient (Wildman–Crippen LogP) is 3.79. The smallest absolute Gasteiger partial charge is 0.410 e. The maximum atomic E-state index is 12.4. The molecule has 1 aromatic rings. The highest BCUT2D eigenvalue weighted by Crippen LogP contribution is 2.20. The highest BCUT2D eigenvalue weighted by Gasteiger charge is 2.27. The van der Waals surface area contributed by atoms with Crippen LogP contribution in [0, 0.1) is 5.92 Å². The summed E-state index contributed by atoms with van der Waals surface area (Å²) in [5.74, 6) is 1.03. The Morgan fingerprint density at radius 2 is 1.81 bits per heavy atom. The van der Waals surface area contributed by atoms with E-state index < -0.39 is 5.60 Å². The molecule has 1 aliphatic heterocycles. The normalized spacial score (nSPS) is 14.9. The number of para-hydroxylation sites is 1. The number of halogens is 1. The van der Waals surface area contributed by atoms with E-state index in [2.05, 4.69) is 20.5 Å². The second-order valence-electron chi connectivity index (χ2n) is 8.76. The summed E-state index contributed by atoms with van der Waals surface area (Å²) in [7, 11) is 1.73. The van der Waals surface area contributed by atoms with Crippen LogP contribution in [0.3, 0.4) is 0 Å². The van der Waals surface area contributed by atoms with Crippen LogP contribution in [0.15, 0.2) is 35.3 Å². The van der Waals surface area contributed by atoms with Gasteiger partial charge in [-0.25, -0.2) is 4.79 Å². The molecule has 0 bridgehead atoms. The molecule has 2 N–H and O–H groups in total. The molecule has 0 aliphatic carbocycles. The first kappa shape index (κ1) is 28.0. The maximum absolute atomic E-state index is 12.4. The predicted molar refractivity (Wildman–Crippen MR) is 140 cm³/mol. The van der Waals surface area contributed by atoms with Crippen LogP contribution < -0.4 is 10.6 Å². The van der Waals surface area contributed by atoms with E-state index in [1.54, 1.807) is 11.9 Å². The molecule has 0 unspecified atom stereocenters. The first-order valence-corrected chi connectivity index (χ1v) is 11.0. The van der Waals surface area contributed by atoms with E-state index >= 15 is 0 Å². The molecule has 9 heteroatoms. The number of hydrogen-bond donors (Lipinski definition) is 2. The van der Waals surface area contributed by atoms with E-state index in [-0.39, 0.29) is 42.5 Å². The number of hydrogen-bond acceptors (Lipinski definition) is 4. The average Bonchev–Trinajstić information content (AvgIpc) is 2.72. The van der Waals surface area contributed by atoms with Crippen LogP contribution in [0.1, 0.15) is 40.5 Å². The third-order valence-corrected chi connectivity index (χ3v) is 5.10. The molecule has 2 rings (SSSR count). The highest BCUT2D eigenvalue weighted by atomic mass is 127. The minimum absolute atomic E-state index is 0. The zero-order valence-corrected chi connectivity index (χ0v) is 22.2. The van der Waals surface area contributed by atoms with Gasteiger partial charge >= 0.3 is 6.09 Å². The zero-order chi connectivity index (χ0) is 22.9. The van der Waals surface area contributed by atoms with Crippen LogP contribution in [0.25, 0.3) is 0 Å². The fourth-order valence-electron chi connectivity index (χ4n) is 3.52. The van der Waals surface area contributed by atoms with Crippen molar-refractivity contribution in [2.75, 3.05) is 45.1 Å². The number of ether oxygens (including phenoxy) is 1. The molecular weight excluding hydrogens is 521 g/mol. The number of nitrogens with one attached hydrogen (secondary N) is 2. The van der Waals surface area contributed by atoms with Crippen molar-refractivity contribution in [1.82, 2.24) is 15.1 Å². The van der Waals surface area contributed by atoms with E-state index in [1.807, 2.05) is 58.0 Å². The standard InChI is InChI=1S/C23H37N5O3.HI/c1-6-27(22(30)31-23(2,3)4)17-18-12-14-28(15-13-18)21(24-5)25-16-20(29)26-19-10-8-7-9-11-19;/h7-11,18H,6,12-17H2,1-5H3,(H,24,25)(H,26,29);1H. The third kappa shape index (κ3) is 9.62. The van der Waals surface area contributed by atoms with E-state index in [0.29, 0.717) is 19.0 Å². The molecule has 0 atom stereocenters. The lowest BCUT2D eigenvalue weighted by molar-refractivity contribution is -0.115. The second kappa shape index (κ2) is 13.5. The Hall–Kier alpha value is -2.04. The molecule has 1 saturated heterocycles. The number of anilines is 1. The number of benzene rings is 1. The van der Waals surface area contributed by atoms with E-state index in [0.717, 1.165) is 37.6 Å². The van der Waals surface area contributed by atoms with Crippen molar-refractivity contribution < 1.29 is 14.3 Å². The SMILES string of the molecule is CCN(CC1CCN(C(=NC)NCC(=O)Nc2ccccc2)CC1)C(=O)OC(C)(C)C.I. The van der Waals surface area contributed by atoms with Gasteiger partial charge in [0.25, 0.3) is 0 Å². The average molecular weight is 559 g/mol. The van der Waals surface area contributed by atoms with E-state index in [4.69, 9.17) is 4.74 Å². The Bertz CT molecular complexity index is 744. The third-order valence-electron chi connectivity index (χ3n) is 5.10. The summed E-state index contributed by atoms with van der Waals surface area (Å²) in [4.78, 5) is 32.9. The lowest BCUT2D eigenvalue weighted by Crippen LogP contribution is -2.49. The van der Waals surface area contributed by atoms with Crippen LogP contribution in [-0.2, 0) is 9.53 Å². The first-order valence-electron chi connectivity index (χ1n) is 11.0. The van der Waals surface area contributed by atoms with Crippen LogP contribution in [0.2, 0.25) is 0 Å². The van der Waals surface area contributed by atoms with Gasteiger partial charge in [0, 0.05) is 38.9 Å². The summed E-state index contributed by atoms with van der Waals surface area (Å²) in [6.07, 6.45) is 1.66. The van der Waals surface area contributed by atoms with Gasteiger partial charge in [0.15, 0.2) is 5.96 Å². The van der Waals surface area contributed by atoms with Gasteiger partial charge in [-0.2, -0.15) is 0 Å². The molecule has 1 aliphatic rings. The quantitative estimate of drug-likeness (QED) is 0.315. The Morgan fingerprint density at radius 1 is 1.19 bits per heavy atom. The van der Waals surface area contributed by atoms with Crippen molar-refractivity contribution in [2.24, 2.45) is 10.9 Å². The van der Waals surface area contributed by atoms with Gasteiger partial charge < -0.3 is 25.2 Å². The number of likely N-dealkylation sites (tertiary alicyclic amines) is 1. The molecule has 1 fully saturated rings. The monoisotopic (exact) mass is 559 g/mol. The van der Waals surface area contributed by atoms with Gasteiger partial charge in [-0.05, 0) is 58.6 Å². The van der Waals surface area contributed by atoms with Crippen LogP contribution in [0.5, 0.6) is 0 Å². The van der Waals surface area contributed by atoms with Crippen LogP contribution in [0.4, 0.5) is 10.5 Å². The Morgan fingerprint density at radius 3 is 2.34 bits per heavy atom. The Labute approximate surface area is 209 Å². The number of piperidine rings is 1. The summed E-state index contributed by atoms with van der Waals surface area (Å²) in [5, 5.41) is 6.01. The molecule has 8 nitrogen and oxygen atoms in total. The molecule has 0 aromatic heterocycles. The van der Waals surface area contributed by atoms with Crippen molar-refractivity contribution in [3.63, 3.8) is 0 Å². The molecule has 32 heavy (non-hydrogen) atoms.